The van der Waals surface area contributed by atoms with Crippen LogP contribution in [0.2, 0.25) is 0 Å². The molecule has 0 aliphatic rings. The Morgan fingerprint density at radius 1 is 1.03 bits per heavy atom. The highest BCUT2D eigenvalue weighted by atomic mass is 32.1. The molecule has 3 rings (SSSR count). The molecule has 0 saturated heterocycles. The Hall–Kier alpha value is -3.66. The number of aryl methyl sites for hydroxylation is 1. The molecule has 3 aromatic rings. The number of halogens is 1. The zero-order chi connectivity index (χ0) is 23.1. The van der Waals surface area contributed by atoms with E-state index in [-0.39, 0.29) is 17.3 Å². The van der Waals surface area contributed by atoms with E-state index in [9.17, 15) is 14.0 Å². The minimum Gasteiger partial charge on any atom is -0.497 e. The van der Waals surface area contributed by atoms with Gasteiger partial charge in [0, 0.05) is 23.9 Å². The predicted molar refractivity (Wildman–Crippen MR) is 116 cm³/mol. The van der Waals surface area contributed by atoms with Gasteiger partial charge in [-0.2, -0.15) is 0 Å². The molecule has 0 spiro atoms. The first-order chi connectivity index (χ1) is 15.4. The van der Waals surface area contributed by atoms with Gasteiger partial charge in [0.05, 0.1) is 19.9 Å². The number of anilines is 1. The van der Waals surface area contributed by atoms with Crippen molar-refractivity contribution in [2.45, 2.75) is 13.5 Å². The van der Waals surface area contributed by atoms with Gasteiger partial charge in [0.25, 0.3) is 5.91 Å². The fraction of sp³-hybridized carbons (Fsp3) is 0.227. The van der Waals surface area contributed by atoms with Crippen molar-refractivity contribution in [2.24, 2.45) is 0 Å². The van der Waals surface area contributed by atoms with Crippen molar-refractivity contribution < 1.29 is 32.9 Å². The van der Waals surface area contributed by atoms with E-state index in [4.69, 9.17) is 18.9 Å². The van der Waals surface area contributed by atoms with Crippen LogP contribution in [0, 0.1) is 12.7 Å². The lowest BCUT2D eigenvalue weighted by molar-refractivity contribution is -0.119. The summed E-state index contributed by atoms with van der Waals surface area (Å²) in [6.45, 7) is 1.30. The van der Waals surface area contributed by atoms with Crippen LogP contribution in [-0.4, -0.2) is 37.7 Å². The number of esters is 1. The third-order valence-electron chi connectivity index (χ3n) is 4.17. The maximum Gasteiger partial charge on any atom is 0.350 e. The number of nitrogens with zero attached hydrogens (tertiary/aromatic N) is 1. The van der Waals surface area contributed by atoms with Crippen LogP contribution >= 0.6 is 11.3 Å². The van der Waals surface area contributed by atoms with E-state index in [1.807, 2.05) is 0 Å². The molecule has 0 atom stereocenters. The summed E-state index contributed by atoms with van der Waals surface area (Å²) in [6, 6.07) is 10.5. The Bertz CT molecular complexity index is 1080. The minimum absolute atomic E-state index is 0.114. The third-order valence-corrected chi connectivity index (χ3v) is 5.28. The maximum absolute atomic E-state index is 13.0. The van der Waals surface area contributed by atoms with E-state index in [0.717, 1.165) is 11.3 Å². The third kappa shape index (κ3) is 6.17. The second-order valence-corrected chi connectivity index (χ2v) is 7.57. The van der Waals surface area contributed by atoms with Crippen LogP contribution in [-0.2, 0) is 16.1 Å². The van der Waals surface area contributed by atoms with E-state index in [1.165, 1.54) is 38.5 Å². The molecule has 1 amide bonds. The number of aromatic nitrogens is 1. The van der Waals surface area contributed by atoms with Crippen LogP contribution in [0.3, 0.4) is 0 Å². The smallest absolute Gasteiger partial charge is 0.350 e. The van der Waals surface area contributed by atoms with Gasteiger partial charge in [-0.25, -0.2) is 14.2 Å². The van der Waals surface area contributed by atoms with Crippen molar-refractivity contribution in [2.75, 3.05) is 26.1 Å². The number of carbonyl (C=O) groups excluding carboxylic acids is 2. The molecular weight excluding hydrogens is 439 g/mol. The van der Waals surface area contributed by atoms with Gasteiger partial charge < -0.3 is 24.3 Å². The van der Waals surface area contributed by atoms with E-state index in [2.05, 4.69) is 10.3 Å². The Morgan fingerprint density at radius 3 is 2.31 bits per heavy atom. The lowest BCUT2D eigenvalue weighted by atomic mass is 10.2. The number of ether oxygens (including phenoxy) is 4. The predicted octanol–water partition coefficient (Wildman–Crippen LogP) is 3.98. The molecule has 1 N–H and O–H groups in total. The van der Waals surface area contributed by atoms with Crippen molar-refractivity contribution in [3.05, 3.63) is 63.9 Å². The second-order valence-electron chi connectivity index (χ2n) is 6.49. The van der Waals surface area contributed by atoms with E-state index in [0.29, 0.717) is 33.6 Å². The van der Waals surface area contributed by atoms with Crippen molar-refractivity contribution in [3.63, 3.8) is 0 Å². The SMILES string of the molecule is COc1cc(NC(=O)COC(=O)c2sc(COc3ccc(F)cc3)nc2C)cc(OC)c1. The fourth-order valence-corrected chi connectivity index (χ4v) is 3.52. The van der Waals surface area contributed by atoms with Gasteiger partial charge in [0.1, 0.15) is 39.6 Å². The number of amides is 1. The molecule has 8 nitrogen and oxygen atoms in total. The normalized spacial score (nSPS) is 10.4. The van der Waals surface area contributed by atoms with Crippen LogP contribution in [0.5, 0.6) is 17.2 Å². The number of carbonyl (C=O) groups is 2. The first kappa shape index (κ1) is 23.0. The van der Waals surface area contributed by atoms with Gasteiger partial charge >= 0.3 is 5.97 Å². The van der Waals surface area contributed by atoms with Crippen molar-refractivity contribution in [3.8, 4) is 17.2 Å². The number of methoxy groups -OCH3 is 2. The molecule has 0 saturated carbocycles. The first-order valence-corrected chi connectivity index (χ1v) is 10.2. The van der Waals surface area contributed by atoms with Gasteiger partial charge in [-0.1, -0.05) is 0 Å². The standard InChI is InChI=1S/C22H21FN2O6S/c1-13-21(32-20(24-13)12-30-16-6-4-14(23)5-7-16)22(27)31-11-19(26)25-15-8-17(28-2)10-18(9-15)29-3/h4-10H,11-12H2,1-3H3,(H,25,26). The zero-order valence-electron chi connectivity index (χ0n) is 17.6. The molecule has 10 heteroatoms. The molecule has 168 valence electrons. The van der Waals surface area contributed by atoms with Gasteiger partial charge in [-0.15, -0.1) is 11.3 Å². The number of rotatable bonds is 9. The topological polar surface area (TPSA) is 96.0 Å². The average Bonchev–Trinajstić information content (AvgIpc) is 3.17. The molecular formula is C22H21FN2O6S. The van der Waals surface area contributed by atoms with Gasteiger partial charge in [-0.3, -0.25) is 4.79 Å². The van der Waals surface area contributed by atoms with E-state index >= 15 is 0 Å². The summed E-state index contributed by atoms with van der Waals surface area (Å²) in [6.07, 6.45) is 0. The summed E-state index contributed by atoms with van der Waals surface area (Å²) in [5, 5.41) is 3.17. The van der Waals surface area contributed by atoms with Crippen molar-refractivity contribution in [1.82, 2.24) is 4.98 Å². The maximum atomic E-state index is 13.0. The molecule has 2 aromatic carbocycles. The summed E-state index contributed by atoms with van der Waals surface area (Å²) in [5.41, 5.74) is 0.909. The summed E-state index contributed by atoms with van der Waals surface area (Å²) < 4.78 is 33.9. The molecule has 0 aliphatic heterocycles. The first-order valence-electron chi connectivity index (χ1n) is 9.42. The molecule has 0 unspecified atom stereocenters. The summed E-state index contributed by atoms with van der Waals surface area (Å²) >= 11 is 1.11. The van der Waals surface area contributed by atoms with Gasteiger partial charge in [-0.05, 0) is 31.2 Å². The largest absolute Gasteiger partial charge is 0.497 e. The average molecular weight is 460 g/mol. The van der Waals surface area contributed by atoms with Crippen LogP contribution < -0.4 is 19.5 Å². The highest BCUT2D eigenvalue weighted by Crippen LogP contribution is 2.26. The highest BCUT2D eigenvalue weighted by Gasteiger charge is 2.18. The second kappa shape index (κ2) is 10.6. The molecule has 0 bridgehead atoms. The Balaban J connectivity index is 1.54. The highest BCUT2D eigenvalue weighted by molar-refractivity contribution is 7.13. The lowest BCUT2D eigenvalue weighted by Gasteiger charge is -2.10. The number of thiazole rings is 1. The van der Waals surface area contributed by atoms with Gasteiger partial charge in [0.2, 0.25) is 0 Å². The molecule has 1 heterocycles. The monoisotopic (exact) mass is 460 g/mol. The quantitative estimate of drug-likeness (QED) is 0.483. The molecule has 0 fully saturated rings. The molecule has 0 radical (unpaired) electrons. The van der Waals surface area contributed by atoms with Crippen LogP contribution in [0.25, 0.3) is 0 Å². The van der Waals surface area contributed by atoms with Crippen LogP contribution in [0.4, 0.5) is 10.1 Å². The van der Waals surface area contributed by atoms with Crippen LogP contribution in [0.15, 0.2) is 42.5 Å². The van der Waals surface area contributed by atoms with Gasteiger partial charge in [0.15, 0.2) is 6.61 Å². The van der Waals surface area contributed by atoms with Crippen molar-refractivity contribution in [1.29, 1.82) is 0 Å². The number of nitrogens with one attached hydrogen (secondary N) is 1. The fourth-order valence-electron chi connectivity index (χ4n) is 2.65. The zero-order valence-corrected chi connectivity index (χ0v) is 18.5. The Morgan fingerprint density at radius 2 is 1.69 bits per heavy atom. The summed E-state index contributed by atoms with van der Waals surface area (Å²) in [7, 11) is 3.00. The lowest BCUT2D eigenvalue weighted by Crippen LogP contribution is -2.21. The summed E-state index contributed by atoms with van der Waals surface area (Å²) in [4.78, 5) is 29.2. The number of hydrogen-bond acceptors (Lipinski definition) is 8. The number of benzene rings is 2. The Kier molecular flexibility index (Phi) is 7.61. The summed E-state index contributed by atoms with van der Waals surface area (Å²) in [5.74, 6) is -0.0435. The van der Waals surface area contributed by atoms with Crippen molar-refractivity contribution >= 4 is 28.9 Å². The molecule has 1 aromatic heterocycles. The van der Waals surface area contributed by atoms with Crippen LogP contribution in [0.1, 0.15) is 20.4 Å². The molecule has 0 aliphatic carbocycles. The number of hydrogen-bond donors (Lipinski definition) is 1. The van der Waals surface area contributed by atoms with E-state index in [1.54, 1.807) is 25.1 Å². The molecule has 32 heavy (non-hydrogen) atoms. The Labute approximate surface area is 187 Å². The van der Waals surface area contributed by atoms with E-state index < -0.39 is 18.5 Å². The minimum atomic E-state index is -0.661.